The van der Waals surface area contributed by atoms with Gasteiger partial charge in [0.05, 0.1) is 5.25 Å². The minimum atomic E-state index is -0.137. The molecule has 0 radical (unpaired) electrons. The molecule has 70 valence electrons. The Morgan fingerprint density at radius 1 is 1.25 bits per heavy atom. The van der Waals surface area contributed by atoms with Crippen LogP contribution in [0, 0.1) is 0 Å². The molecule has 2 nitrogen and oxygen atoms in total. The lowest BCUT2D eigenvalue weighted by atomic mass is 10.2. The van der Waals surface area contributed by atoms with Crippen molar-refractivity contribution in [3.63, 3.8) is 0 Å². The summed E-state index contributed by atoms with van der Waals surface area (Å²) in [6, 6.07) is 0. The largest absolute Gasteiger partial charge is 0.300 e. The number of ketones is 2. The van der Waals surface area contributed by atoms with Crippen LogP contribution in [-0.4, -0.2) is 22.1 Å². The van der Waals surface area contributed by atoms with Gasteiger partial charge in [0, 0.05) is 6.42 Å². The average molecular weight is 188 g/mol. The van der Waals surface area contributed by atoms with Gasteiger partial charge in [-0.15, -0.1) is 11.8 Å². The second-order valence-corrected chi connectivity index (χ2v) is 4.97. The van der Waals surface area contributed by atoms with Crippen molar-refractivity contribution in [1.29, 1.82) is 0 Å². The highest BCUT2D eigenvalue weighted by Crippen LogP contribution is 2.20. The number of carbonyl (C=O) groups is 2. The summed E-state index contributed by atoms with van der Waals surface area (Å²) in [5.74, 6) is 0.187. The van der Waals surface area contributed by atoms with E-state index in [1.165, 1.54) is 6.92 Å². The molecule has 0 N–H and O–H groups in total. The van der Waals surface area contributed by atoms with E-state index >= 15 is 0 Å². The van der Waals surface area contributed by atoms with E-state index in [1.807, 2.05) is 13.8 Å². The predicted molar refractivity (Wildman–Crippen MR) is 52.5 cm³/mol. The number of hydrogen-bond acceptors (Lipinski definition) is 3. The Hall–Kier alpha value is -0.310. The quantitative estimate of drug-likeness (QED) is 0.662. The van der Waals surface area contributed by atoms with Crippen molar-refractivity contribution >= 4 is 23.3 Å². The molecule has 0 saturated carbocycles. The summed E-state index contributed by atoms with van der Waals surface area (Å²) >= 11 is 1.57. The number of Topliss-reactive ketones (excluding diaryl/α,β-unsaturated/α-hetero) is 2. The molecule has 0 aliphatic rings. The zero-order valence-corrected chi connectivity index (χ0v) is 8.90. The summed E-state index contributed by atoms with van der Waals surface area (Å²) < 4.78 is 0. The van der Waals surface area contributed by atoms with Crippen LogP contribution in [0.1, 0.15) is 34.1 Å². The lowest BCUT2D eigenvalue weighted by Gasteiger charge is -2.13. The number of hydrogen-bond donors (Lipinski definition) is 0. The molecule has 12 heavy (non-hydrogen) atoms. The number of carbonyl (C=O) groups excluding carboxylic acids is 2. The van der Waals surface area contributed by atoms with Crippen molar-refractivity contribution in [1.82, 2.24) is 0 Å². The summed E-state index contributed by atoms with van der Waals surface area (Å²) in [5.41, 5.74) is 0. The number of rotatable bonds is 5. The Morgan fingerprint density at radius 2 is 1.75 bits per heavy atom. The molecule has 0 amide bonds. The fourth-order valence-electron chi connectivity index (χ4n) is 0.877. The van der Waals surface area contributed by atoms with Crippen molar-refractivity contribution in [3.05, 3.63) is 0 Å². The third kappa shape index (κ3) is 5.35. The number of thioether (sulfide) groups is 1. The fraction of sp³-hybridized carbons (Fsp3) is 0.778. The van der Waals surface area contributed by atoms with Crippen LogP contribution < -0.4 is 0 Å². The van der Waals surface area contributed by atoms with Gasteiger partial charge in [-0.25, -0.2) is 0 Å². The summed E-state index contributed by atoms with van der Waals surface area (Å²) in [4.78, 5) is 21.8. The maximum atomic E-state index is 11.0. The molecule has 0 aliphatic heterocycles. The van der Waals surface area contributed by atoms with Crippen molar-refractivity contribution in [2.75, 3.05) is 0 Å². The fourth-order valence-corrected chi connectivity index (χ4v) is 2.06. The van der Waals surface area contributed by atoms with Crippen molar-refractivity contribution in [2.45, 2.75) is 44.6 Å². The monoisotopic (exact) mass is 188 g/mol. The normalized spacial score (nSPS) is 13.1. The van der Waals surface area contributed by atoms with Gasteiger partial charge in [-0.1, -0.05) is 13.8 Å². The minimum absolute atomic E-state index is 0.0864. The van der Waals surface area contributed by atoms with Crippen molar-refractivity contribution in [3.8, 4) is 0 Å². The van der Waals surface area contributed by atoms with E-state index in [0.717, 1.165) is 0 Å². The van der Waals surface area contributed by atoms with E-state index in [2.05, 4.69) is 0 Å². The molecule has 0 aromatic carbocycles. The highest BCUT2D eigenvalue weighted by molar-refractivity contribution is 8.01. The van der Waals surface area contributed by atoms with Gasteiger partial charge in [0.25, 0.3) is 0 Å². The van der Waals surface area contributed by atoms with Crippen molar-refractivity contribution < 1.29 is 9.59 Å². The van der Waals surface area contributed by atoms with E-state index in [-0.39, 0.29) is 16.8 Å². The van der Waals surface area contributed by atoms with Crippen molar-refractivity contribution in [2.24, 2.45) is 0 Å². The molecule has 0 bridgehead atoms. The van der Waals surface area contributed by atoms with Gasteiger partial charge in [-0.2, -0.15) is 0 Å². The molecule has 0 heterocycles. The third-order valence-corrected chi connectivity index (χ3v) is 2.73. The highest BCUT2D eigenvalue weighted by Gasteiger charge is 2.17. The van der Waals surface area contributed by atoms with Gasteiger partial charge in [-0.3, -0.25) is 9.59 Å². The van der Waals surface area contributed by atoms with Crippen LogP contribution in [0.2, 0.25) is 0 Å². The first kappa shape index (κ1) is 11.7. The van der Waals surface area contributed by atoms with Crippen LogP contribution in [0.15, 0.2) is 0 Å². The average Bonchev–Trinajstić information content (AvgIpc) is 1.83. The maximum Gasteiger partial charge on any atom is 0.143 e. The van der Waals surface area contributed by atoms with Crippen LogP contribution in [0.3, 0.4) is 0 Å². The van der Waals surface area contributed by atoms with Gasteiger partial charge in [0.2, 0.25) is 0 Å². The Bertz CT molecular complexity index is 175. The lowest BCUT2D eigenvalue weighted by molar-refractivity contribution is -0.121. The topological polar surface area (TPSA) is 34.1 Å². The summed E-state index contributed by atoms with van der Waals surface area (Å²) in [5, 5.41) is 0.265. The Labute approximate surface area is 78.1 Å². The minimum Gasteiger partial charge on any atom is -0.300 e. The summed E-state index contributed by atoms with van der Waals surface area (Å²) in [6.45, 7) is 7.13. The Kier molecular flexibility index (Phi) is 5.22. The second kappa shape index (κ2) is 5.36. The van der Waals surface area contributed by atoms with E-state index < -0.39 is 0 Å². The van der Waals surface area contributed by atoms with Crippen LogP contribution in [0.5, 0.6) is 0 Å². The zero-order chi connectivity index (χ0) is 9.72. The molecular formula is C9H16O2S. The summed E-state index contributed by atoms with van der Waals surface area (Å²) in [6.07, 6.45) is 0.373. The second-order valence-electron chi connectivity index (χ2n) is 3.19. The van der Waals surface area contributed by atoms with Crippen LogP contribution in [0.4, 0.5) is 0 Å². The molecule has 0 aromatic heterocycles. The lowest BCUT2D eigenvalue weighted by Crippen LogP contribution is -2.19. The first-order valence-corrected chi connectivity index (χ1v) is 5.03. The Morgan fingerprint density at radius 3 is 2.00 bits per heavy atom. The van der Waals surface area contributed by atoms with E-state index in [9.17, 15) is 9.59 Å². The molecule has 1 unspecified atom stereocenters. The van der Waals surface area contributed by atoms with E-state index in [4.69, 9.17) is 0 Å². The molecule has 3 heteroatoms. The first-order valence-electron chi connectivity index (χ1n) is 4.08. The van der Waals surface area contributed by atoms with Crippen LogP contribution >= 0.6 is 11.8 Å². The predicted octanol–water partition coefficient (Wildman–Crippen LogP) is 2.06. The highest BCUT2D eigenvalue weighted by atomic mass is 32.2. The van der Waals surface area contributed by atoms with Crippen LogP contribution in [-0.2, 0) is 9.59 Å². The molecule has 0 rings (SSSR count). The Balaban J connectivity index is 4.04. The standard InChI is InChI=1S/C9H16O2S/c1-6(2)12-9(8(4)11)5-7(3)10/h6,9H,5H2,1-4H3. The first-order chi connectivity index (χ1) is 5.43. The van der Waals surface area contributed by atoms with Gasteiger partial charge in [-0.05, 0) is 19.1 Å². The molecule has 0 aromatic rings. The molecule has 0 fully saturated rings. The summed E-state index contributed by atoms with van der Waals surface area (Å²) in [7, 11) is 0. The molecule has 0 aliphatic carbocycles. The third-order valence-electron chi connectivity index (χ3n) is 1.36. The van der Waals surface area contributed by atoms with Gasteiger partial charge in [0.15, 0.2) is 0 Å². The van der Waals surface area contributed by atoms with Gasteiger partial charge >= 0.3 is 0 Å². The van der Waals surface area contributed by atoms with Gasteiger partial charge in [0.1, 0.15) is 11.6 Å². The van der Waals surface area contributed by atoms with Crippen LogP contribution in [0.25, 0.3) is 0 Å². The molecule has 0 spiro atoms. The smallest absolute Gasteiger partial charge is 0.143 e. The molecular weight excluding hydrogens is 172 g/mol. The van der Waals surface area contributed by atoms with E-state index in [0.29, 0.717) is 11.7 Å². The zero-order valence-electron chi connectivity index (χ0n) is 8.09. The van der Waals surface area contributed by atoms with E-state index in [1.54, 1.807) is 18.7 Å². The van der Waals surface area contributed by atoms with Gasteiger partial charge < -0.3 is 0 Å². The molecule has 0 saturated heterocycles. The molecule has 1 atom stereocenters. The maximum absolute atomic E-state index is 11.0. The SMILES string of the molecule is CC(=O)CC(SC(C)C)C(C)=O.